The van der Waals surface area contributed by atoms with Crippen molar-refractivity contribution in [1.82, 2.24) is 10.6 Å². The molecule has 0 heterocycles. The second kappa shape index (κ2) is 10.6. The summed E-state index contributed by atoms with van der Waals surface area (Å²) in [6.45, 7) is 8.13. The van der Waals surface area contributed by atoms with Gasteiger partial charge in [0.1, 0.15) is 6.04 Å². The molecule has 0 aromatic heterocycles. The minimum atomic E-state index is -0.647. The second-order valence-electron chi connectivity index (χ2n) is 6.46. The third kappa shape index (κ3) is 6.84. The number of benzene rings is 1. The molecule has 1 atom stereocenters. The zero-order valence-corrected chi connectivity index (χ0v) is 16.8. The van der Waals surface area contributed by atoms with E-state index in [2.05, 4.69) is 10.6 Å². The molecule has 0 bridgehead atoms. The van der Waals surface area contributed by atoms with E-state index in [1.54, 1.807) is 24.3 Å². The molecule has 1 aromatic rings. The van der Waals surface area contributed by atoms with Gasteiger partial charge in [-0.2, -0.15) is 0 Å². The van der Waals surface area contributed by atoms with Crippen molar-refractivity contribution >= 4 is 35.8 Å². The van der Waals surface area contributed by atoms with Crippen LogP contribution in [0.3, 0.4) is 0 Å². The van der Waals surface area contributed by atoms with E-state index in [1.807, 2.05) is 27.7 Å². The molecule has 0 radical (unpaired) electrons. The van der Waals surface area contributed by atoms with Crippen LogP contribution in [0.5, 0.6) is 0 Å². The van der Waals surface area contributed by atoms with Crippen molar-refractivity contribution in [2.24, 2.45) is 11.7 Å². The van der Waals surface area contributed by atoms with E-state index in [9.17, 15) is 9.59 Å². The molecule has 25 heavy (non-hydrogen) atoms. The zero-order valence-electron chi connectivity index (χ0n) is 15.3. The van der Waals surface area contributed by atoms with Gasteiger partial charge in [0.2, 0.25) is 5.91 Å². The van der Waals surface area contributed by atoms with E-state index in [0.29, 0.717) is 17.1 Å². The molecule has 7 heteroatoms. The average Bonchev–Trinajstić information content (AvgIpc) is 2.57. The maximum Gasteiger partial charge on any atom is 0.253 e. The molecule has 0 fully saturated rings. The lowest BCUT2D eigenvalue weighted by atomic mass is 9.94. The highest BCUT2D eigenvalue weighted by molar-refractivity contribution is 6.33. The summed E-state index contributed by atoms with van der Waals surface area (Å²) in [4.78, 5) is 24.9. The van der Waals surface area contributed by atoms with Crippen molar-refractivity contribution in [3.63, 3.8) is 0 Å². The van der Waals surface area contributed by atoms with Gasteiger partial charge in [0.15, 0.2) is 0 Å². The number of hydrogen-bond acceptors (Lipinski definition) is 3. The van der Waals surface area contributed by atoms with Gasteiger partial charge in [-0.05, 0) is 30.9 Å². The normalized spacial score (nSPS) is 12.3. The van der Waals surface area contributed by atoms with Gasteiger partial charge in [0.25, 0.3) is 5.91 Å². The number of amides is 2. The number of nitrogens with two attached hydrogens (primary N) is 1. The molecular formula is C18H29Cl2N3O2. The molecule has 0 saturated carbocycles. The van der Waals surface area contributed by atoms with Crippen LogP contribution in [0.15, 0.2) is 24.3 Å². The summed E-state index contributed by atoms with van der Waals surface area (Å²) in [6.07, 6.45) is 1.53. The lowest BCUT2D eigenvalue weighted by molar-refractivity contribution is -0.124. The lowest BCUT2D eigenvalue weighted by Gasteiger charge is -2.29. The summed E-state index contributed by atoms with van der Waals surface area (Å²) < 4.78 is 0. The summed E-state index contributed by atoms with van der Waals surface area (Å²) in [5.74, 6) is -0.659. The molecule has 0 aliphatic rings. The molecule has 1 aromatic carbocycles. The Balaban J connectivity index is 0.00000576. The summed E-state index contributed by atoms with van der Waals surface area (Å²) in [6, 6.07) is 6.11. The number of halogens is 2. The van der Waals surface area contributed by atoms with Crippen molar-refractivity contribution in [1.29, 1.82) is 0 Å². The monoisotopic (exact) mass is 389 g/mol. The van der Waals surface area contributed by atoms with E-state index in [-0.39, 0.29) is 30.1 Å². The van der Waals surface area contributed by atoms with E-state index < -0.39 is 11.6 Å². The largest absolute Gasteiger partial charge is 0.352 e. The van der Waals surface area contributed by atoms with Gasteiger partial charge >= 0.3 is 0 Å². The van der Waals surface area contributed by atoms with E-state index in [0.717, 1.165) is 12.8 Å². The third-order valence-electron chi connectivity index (χ3n) is 4.38. The minimum Gasteiger partial charge on any atom is -0.352 e. The number of carbonyl (C=O) groups is 2. The van der Waals surface area contributed by atoms with Crippen molar-refractivity contribution < 1.29 is 9.59 Å². The van der Waals surface area contributed by atoms with Crippen LogP contribution in [0.4, 0.5) is 0 Å². The van der Waals surface area contributed by atoms with Crippen LogP contribution in [0.1, 0.15) is 50.9 Å². The van der Waals surface area contributed by atoms with Crippen molar-refractivity contribution in [3.8, 4) is 0 Å². The highest BCUT2D eigenvalue weighted by atomic mass is 35.5. The highest BCUT2D eigenvalue weighted by Gasteiger charge is 2.28. The Bertz CT molecular complexity index is 575. The molecule has 0 spiro atoms. The molecule has 4 N–H and O–H groups in total. The maximum absolute atomic E-state index is 12.5. The smallest absolute Gasteiger partial charge is 0.253 e. The first-order valence-corrected chi connectivity index (χ1v) is 8.74. The lowest BCUT2D eigenvalue weighted by Crippen LogP contribution is -2.55. The van der Waals surface area contributed by atoms with Gasteiger partial charge in [-0.1, -0.05) is 51.4 Å². The predicted octanol–water partition coefficient (Wildman–Crippen LogP) is 3.15. The van der Waals surface area contributed by atoms with Gasteiger partial charge in [-0.3, -0.25) is 9.59 Å². The topological polar surface area (TPSA) is 84.2 Å². The summed E-state index contributed by atoms with van der Waals surface area (Å²) in [5, 5.41) is 5.99. The molecule has 1 unspecified atom stereocenters. The van der Waals surface area contributed by atoms with Crippen LogP contribution in [-0.4, -0.2) is 29.9 Å². The molecule has 0 aliphatic heterocycles. The molecule has 142 valence electrons. The van der Waals surface area contributed by atoms with Gasteiger partial charge in [-0.25, -0.2) is 0 Å². The Morgan fingerprint density at radius 3 is 2.24 bits per heavy atom. The van der Waals surface area contributed by atoms with Crippen molar-refractivity contribution in [2.45, 2.75) is 52.1 Å². The Hall–Kier alpha value is -1.30. The van der Waals surface area contributed by atoms with Crippen LogP contribution < -0.4 is 16.4 Å². The van der Waals surface area contributed by atoms with Crippen molar-refractivity contribution in [3.05, 3.63) is 34.9 Å². The van der Waals surface area contributed by atoms with E-state index in [1.165, 1.54) is 0 Å². The minimum absolute atomic E-state index is 0. The van der Waals surface area contributed by atoms with Gasteiger partial charge in [0, 0.05) is 12.1 Å². The highest BCUT2D eigenvalue weighted by Crippen LogP contribution is 2.16. The first kappa shape index (κ1) is 23.7. The quantitative estimate of drug-likeness (QED) is 0.638. The van der Waals surface area contributed by atoms with E-state index in [4.69, 9.17) is 17.3 Å². The van der Waals surface area contributed by atoms with Gasteiger partial charge < -0.3 is 16.4 Å². The Morgan fingerprint density at radius 1 is 1.20 bits per heavy atom. The first-order valence-electron chi connectivity index (χ1n) is 8.36. The summed E-state index contributed by atoms with van der Waals surface area (Å²) in [5.41, 5.74) is 6.14. The van der Waals surface area contributed by atoms with E-state index >= 15 is 0 Å². The van der Waals surface area contributed by atoms with Gasteiger partial charge in [0.05, 0.1) is 10.6 Å². The Kier molecular flexibility index (Phi) is 10.1. The number of carbonyl (C=O) groups excluding carboxylic acids is 2. The maximum atomic E-state index is 12.5. The number of hydrogen-bond donors (Lipinski definition) is 3. The Labute approximate surface area is 161 Å². The van der Waals surface area contributed by atoms with Crippen LogP contribution in [0, 0.1) is 5.92 Å². The number of rotatable bonds is 8. The van der Waals surface area contributed by atoms with Crippen LogP contribution in [-0.2, 0) is 4.79 Å². The SMILES string of the molecule is CCC(N)(CC)CNC(=O)C(NC(=O)c1ccccc1Cl)C(C)C.Cl. The predicted molar refractivity (Wildman–Crippen MR) is 105 cm³/mol. The number of nitrogens with one attached hydrogen (secondary N) is 2. The fraction of sp³-hybridized carbons (Fsp3) is 0.556. The fourth-order valence-electron chi connectivity index (χ4n) is 2.27. The van der Waals surface area contributed by atoms with Crippen LogP contribution in [0.2, 0.25) is 5.02 Å². The van der Waals surface area contributed by atoms with Crippen molar-refractivity contribution in [2.75, 3.05) is 6.54 Å². The van der Waals surface area contributed by atoms with Gasteiger partial charge in [-0.15, -0.1) is 12.4 Å². The molecule has 0 aliphatic carbocycles. The molecule has 0 saturated heterocycles. The molecule has 2 amide bonds. The fourth-order valence-corrected chi connectivity index (χ4v) is 2.49. The summed E-state index contributed by atoms with van der Waals surface area (Å²) >= 11 is 6.04. The second-order valence-corrected chi connectivity index (χ2v) is 6.87. The average molecular weight is 390 g/mol. The van der Waals surface area contributed by atoms with Crippen LogP contribution >= 0.6 is 24.0 Å². The third-order valence-corrected chi connectivity index (χ3v) is 4.71. The van der Waals surface area contributed by atoms with Crippen LogP contribution in [0.25, 0.3) is 0 Å². The summed E-state index contributed by atoms with van der Waals surface area (Å²) in [7, 11) is 0. The standard InChI is InChI=1S/C18H28ClN3O2.ClH/c1-5-18(20,6-2)11-21-17(24)15(12(3)4)22-16(23)13-9-7-8-10-14(13)19;/h7-10,12,15H,5-6,11,20H2,1-4H3,(H,21,24)(H,22,23);1H. The molecule has 5 nitrogen and oxygen atoms in total. The Morgan fingerprint density at radius 2 is 1.76 bits per heavy atom. The molecular weight excluding hydrogens is 361 g/mol. The first-order chi connectivity index (χ1) is 11.2. The molecule has 1 rings (SSSR count). The zero-order chi connectivity index (χ0) is 18.3.